The first-order valence-electron chi connectivity index (χ1n) is 17.3. The number of hydrogen-bond donors (Lipinski definition) is 0. The van der Waals surface area contributed by atoms with Gasteiger partial charge in [-0.05, 0) is 71.3 Å². The van der Waals surface area contributed by atoms with Crippen LogP contribution in [-0.4, -0.2) is 23.0 Å². The Labute approximate surface area is 308 Å². The monoisotopic (exact) mass is 846 g/mol. The molecular weight excluding hydrogens is 795 g/mol. The van der Waals surface area contributed by atoms with Gasteiger partial charge in [0.25, 0.3) is 0 Å². The Bertz CT molecular complexity index is 1980. The Morgan fingerprint density at radius 1 is 0.796 bits per heavy atom. The Morgan fingerprint density at radius 2 is 1.55 bits per heavy atom. The van der Waals surface area contributed by atoms with Gasteiger partial charge in [0, 0.05) is 43.6 Å². The maximum atomic E-state index is 6.22. The number of pyridine rings is 3. The van der Waals surface area contributed by atoms with Gasteiger partial charge in [-0.25, -0.2) is 4.98 Å². The molecule has 0 atom stereocenters. The van der Waals surface area contributed by atoms with Gasteiger partial charge >= 0.3 is 0 Å². The molecule has 6 aromatic rings. The van der Waals surface area contributed by atoms with E-state index in [1.165, 1.54) is 16.3 Å². The van der Waals surface area contributed by atoms with E-state index in [0.717, 1.165) is 63.8 Å². The minimum absolute atomic E-state index is 0. The molecule has 0 amide bonds. The van der Waals surface area contributed by atoms with Crippen molar-refractivity contribution in [1.82, 2.24) is 15.0 Å². The van der Waals surface area contributed by atoms with E-state index in [2.05, 4.69) is 133 Å². The third kappa shape index (κ3) is 10.1. The molecule has 2 aromatic carbocycles. The molecule has 0 unspecified atom stereocenters. The van der Waals surface area contributed by atoms with Gasteiger partial charge in [-0.3, -0.25) is 0 Å². The maximum Gasteiger partial charge on any atom is 0.216 e. The van der Waals surface area contributed by atoms with Crippen molar-refractivity contribution in [2.45, 2.75) is 87.4 Å². The van der Waals surface area contributed by atoms with Crippen molar-refractivity contribution >= 4 is 35.3 Å². The molecule has 0 saturated heterocycles. The fourth-order valence-electron chi connectivity index (χ4n) is 6.20. The van der Waals surface area contributed by atoms with Crippen LogP contribution in [0.3, 0.4) is 0 Å². The normalized spacial score (nSPS) is 11.9. The van der Waals surface area contributed by atoms with Crippen LogP contribution in [0.25, 0.3) is 44.6 Å². The number of aromatic nitrogens is 3. The number of furan rings is 1. The summed E-state index contributed by atoms with van der Waals surface area (Å²) in [4.78, 5) is 14.0. The Kier molecular flexibility index (Phi) is 12.6. The zero-order valence-corrected chi connectivity index (χ0v) is 34.3. The molecule has 0 fully saturated rings. The molecule has 4 aromatic heterocycles. The van der Waals surface area contributed by atoms with E-state index >= 15 is 0 Å². The quantitative estimate of drug-likeness (QED) is 0.113. The van der Waals surface area contributed by atoms with E-state index in [0.29, 0.717) is 17.5 Å². The van der Waals surface area contributed by atoms with Gasteiger partial charge in [-0.2, -0.15) is 0 Å². The van der Waals surface area contributed by atoms with Gasteiger partial charge in [0.05, 0.1) is 13.7 Å². The predicted octanol–water partition coefficient (Wildman–Crippen LogP) is 10.9. The summed E-state index contributed by atoms with van der Waals surface area (Å²) in [6, 6.07) is 29.4. The number of rotatable bonds is 8. The molecule has 4 nitrogen and oxygen atoms in total. The van der Waals surface area contributed by atoms with Crippen LogP contribution in [0.15, 0.2) is 83.5 Å². The summed E-state index contributed by atoms with van der Waals surface area (Å²) in [5.74, 6) is 1.23. The number of hydrogen-bond acceptors (Lipinski definition) is 4. The van der Waals surface area contributed by atoms with E-state index in [9.17, 15) is 0 Å². The van der Waals surface area contributed by atoms with Crippen LogP contribution >= 0.6 is 0 Å². The zero-order chi connectivity index (χ0) is 34.6. The largest absolute Gasteiger partial charge is 0.486 e. The first kappa shape index (κ1) is 38.4. The summed E-state index contributed by atoms with van der Waals surface area (Å²) in [6.07, 6.45) is 7.06. The molecule has 0 aliphatic heterocycles. The minimum Gasteiger partial charge on any atom is -0.486 e. The summed E-state index contributed by atoms with van der Waals surface area (Å²) in [5, 5.41) is 3.60. The van der Waals surface area contributed by atoms with Crippen molar-refractivity contribution in [3.05, 3.63) is 108 Å². The van der Waals surface area contributed by atoms with Crippen molar-refractivity contribution in [1.29, 1.82) is 0 Å². The van der Waals surface area contributed by atoms with E-state index < -0.39 is 8.07 Å². The van der Waals surface area contributed by atoms with Gasteiger partial charge in [-0.1, -0.05) is 102 Å². The summed E-state index contributed by atoms with van der Waals surface area (Å²) in [7, 11) is -1.34. The molecule has 4 heterocycles. The standard InChI is InChI=1S/C25H27N2O.C18H24NSi.Ir/c1-16(2)13-18-9-10-20-19-7-6-8-21(23(19)28-24(20)27-18)22-14-17(11-12-26-22)15-25(3,4)5;1-14(2)11-16-12-17(15-9-7-6-8-10-15)19-13-18(16)20(3,4)5;/h6-7,9-12,14,16H,13,15H2,1-5H3;6-9,12-14H,11H2,1-5H3;/q2*-1;. The molecule has 49 heavy (non-hydrogen) atoms. The summed E-state index contributed by atoms with van der Waals surface area (Å²) in [6.45, 7) is 22.9. The Morgan fingerprint density at radius 3 is 2.20 bits per heavy atom. The molecule has 259 valence electrons. The van der Waals surface area contributed by atoms with Crippen LogP contribution < -0.4 is 5.19 Å². The van der Waals surface area contributed by atoms with Crippen LogP contribution in [0.5, 0.6) is 0 Å². The second-order valence-corrected chi connectivity index (χ2v) is 21.1. The van der Waals surface area contributed by atoms with Crippen molar-refractivity contribution in [2.75, 3.05) is 0 Å². The number of benzene rings is 2. The number of fused-ring (bicyclic) bond motifs is 3. The Hall–Kier alpha value is -3.44. The van der Waals surface area contributed by atoms with Gasteiger partial charge in [0.1, 0.15) is 0 Å². The fraction of sp³-hybridized carbons (Fsp3) is 0.372. The molecule has 0 spiro atoms. The smallest absolute Gasteiger partial charge is 0.216 e. The summed E-state index contributed by atoms with van der Waals surface area (Å²) in [5.41, 5.74) is 9.47. The van der Waals surface area contributed by atoms with Crippen LogP contribution in [0.4, 0.5) is 0 Å². The summed E-state index contributed by atoms with van der Waals surface area (Å²) >= 11 is 0. The Balaban J connectivity index is 0.000000229. The first-order chi connectivity index (χ1) is 22.7. The van der Waals surface area contributed by atoms with Crippen LogP contribution in [0.2, 0.25) is 19.6 Å². The van der Waals surface area contributed by atoms with Gasteiger partial charge in [0.15, 0.2) is 0 Å². The third-order valence-corrected chi connectivity index (χ3v) is 10.3. The molecular formula is C43H51IrN3OSi-2. The van der Waals surface area contributed by atoms with Crippen LogP contribution in [0.1, 0.15) is 65.3 Å². The molecule has 6 rings (SSSR count). The van der Waals surface area contributed by atoms with E-state index in [1.807, 2.05) is 36.5 Å². The topological polar surface area (TPSA) is 51.8 Å². The van der Waals surface area contributed by atoms with Crippen molar-refractivity contribution in [3.63, 3.8) is 0 Å². The molecule has 0 aliphatic carbocycles. The fourth-order valence-corrected chi connectivity index (χ4v) is 7.79. The summed E-state index contributed by atoms with van der Waals surface area (Å²) < 4.78 is 6.22. The van der Waals surface area contributed by atoms with E-state index in [4.69, 9.17) is 9.40 Å². The zero-order valence-electron chi connectivity index (χ0n) is 30.9. The van der Waals surface area contributed by atoms with Gasteiger partial charge in [-0.15, -0.1) is 54.1 Å². The average molecular weight is 846 g/mol. The van der Waals surface area contributed by atoms with Crippen LogP contribution in [0, 0.1) is 29.4 Å². The second kappa shape index (κ2) is 16.1. The van der Waals surface area contributed by atoms with Crippen molar-refractivity contribution in [3.8, 4) is 22.5 Å². The molecule has 0 aliphatic rings. The van der Waals surface area contributed by atoms with Crippen LogP contribution in [-0.2, 0) is 39.4 Å². The molecule has 0 bridgehead atoms. The SMILES string of the molecule is CC(C)Cc1cc(-c2[c-]cccc2)ncc1[Si](C)(C)C.CC(C)Cc1ccc2c(n1)oc1c(-c3cc(CC(C)(C)C)ccn3)[c-]ccc12.[Ir]. The van der Waals surface area contributed by atoms with E-state index in [1.54, 1.807) is 0 Å². The third-order valence-electron chi connectivity index (χ3n) is 8.20. The second-order valence-electron chi connectivity index (χ2n) is 16.1. The molecule has 6 heteroatoms. The average Bonchev–Trinajstić information content (AvgIpc) is 3.38. The molecule has 0 saturated carbocycles. The maximum absolute atomic E-state index is 6.22. The number of nitrogens with zero attached hydrogens (tertiary/aromatic N) is 3. The predicted molar refractivity (Wildman–Crippen MR) is 205 cm³/mol. The first-order valence-corrected chi connectivity index (χ1v) is 20.8. The van der Waals surface area contributed by atoms with Gasteiger partial charge < -0.3 is 14.4 Å². The van der Waals surface area contributed by atoms with Gasteiger partial charge in [0.2, 0.25) is 5.71 Å². The molecule has 1 radical (unpaired) electrons. The van der Waals surface area contributed by atoms with E-state index in [-0.39, 0.29) is 25.5 Å². The van der Waals surface area contributed by atoms with Crippen molar-refractivity contribution in [2.24, 2.45) is 17.3 Å². The molecule has 0 N–H and O–H groups in total. The van der Waals surface area contributed by atoms with Crippen molar-refractivity contribution < 1.29 is 24.5 Å². The minimum atomic E-state index is -1.34.